The first kappa shape index (κ1) is 22.4. The zero-order valence-electron chi connectivity index (χ0n) is 18.1. The minimum absolute atomic E-state index is 0.291. The van der Waals surface area contributed by atoms with E-state index in [1.165, 1.54) is 0 Å². The highest BCUT2D eigenvalue weighted by Crippen LogP contribution is 2.36. The van der Waals surface area contributed by atoms with Crippen molar-refractivity contribution < 1.29 is 19.3 Å². The Morgan fingerprint density at radius 2 is 0.969 bits per heavy atom. The SMILES string of the molecule is C=C[C@@H]1[C@H](O)[C@@H](OCc2ccccc2)[C@@H](OCc2ccccc2)[C@@H]1OCc1ccccc1. The molecular weight excluding hydrogens is 400 g/mol. The largest absolute Gasteiger partial charge is 0.390 e. The van der Waals surface area contributed by atoms with E-state index in [9.17, 15) is 5.11 Å². The first-order valence-electron chi connectivity index (χ1n) is 11.0. The van der Waals surface area contributed by atoms with E-state index in [-0.39, 0.29) is 12.0 Å². The highest BCUT2D eigenvalue weighted by molar-refractivity contribution is 5.17. The van der Waals surface area contributed by atoms with Crippen LogP contribution >= 0.6 is 0 Å². The summed E-state index contributed by atoms with van der Waals surface area (Å²) >= 11 is 0. The predicted molar refractivity (Wildman–Crippen MR) is 125 cm³/mol. The molecule has 0 amide bonds. The molecule has 0 bridgehead atoms. The molecule has 32 heavy (non-hydrogen) atoms. The van der Waals surface area contributed by atoms with Gasteiger partial charge in [0.15, 0.2) is 0 Å². The van der Waals surface area contributed by atoms with Crippen molar-refractivity contribution in [1.29, 1.82) is 0 Å². The fraction of sp³-hybridized carbons (Fsp3) is 0.286. The normalized spacial score (nSPS) is 25.0. The fourth-order valence-corrected chi connectivity index (χ4v) is 4.18. The molecule has 5 atom stereocenters. The molecule has 3 aromatic rings. The third-order valence-electron chi connectivity index (χ3n) is 5.89. The average molecular weight is 431 g/mol. The van der Waals surface area contributed by atoms with Gasteiger partial charge in [-0.2, -0.15) is 0 Å². The Labute approximate surface area is 190 Å². The van der Waals surface area contributed by atoms with Crippen LogP contribution in [0.2, 0.25) is 0 Å². The molecule has 3 aromatic carbocycles. The van der Waals surface area contributed by atoms with E-state index >= 15 is 0 Å². The molecule has 0 aliphatic heterocycles. The first-order valence-corrected chi connectivity index (χ1v) is 11.0. The average Bonchev–Trinajstić information content (AvgIpc) is 3.11. The second-order valence-corrected chi connectivity index (χ2v) is 8.09. The summed E-state index contributed by atoms with van der Waals surface area (Å²) in [5, 5.41) is 11.1. The van der Waals surface area contributed by atoms with Gasteiger partial charge >= 0.3 is 0 Å². The van der Waals surface area contributed by atoms with Crippen molar-refractivity contribution in [3.8, 4) is 0 Å². The lowest BCUT2D eigenvalue weighted by Crippen LogP contribution is -2.38. The molecule has 0 spiro atoms. The number of benzene rings is 3. The molecule has 4 rings (SSSR count). The number of aliphatic hydroxyl groups excluding tert-OH is 1. The summed E-state index contributed by atoms with van der Waals surface area (Å²) in [4.78, 5) is 0. The summed E-state index contributed by atoms with van der Waals surface area (Å²) in [7, 11) is 0. The van der Waals surface area contributed by atoms with E-state index in [1.807, 2.05) is 91.0 Å². The van der Waals surface area contributed by atoms with Crippen molar-refractivity contribution >= 4 is 0 Å². The van der Waals surface area contributed by atoms with Crippen LogP contribution in [-0.4, -0.2) is 29.5 Å². The van der Waals surface area contributed by atoms with Crippen molar-refractivity contribution in [2.24, 2.45) is 5.92 Å². The maximum Gasteiger partial charge on any atom is 0.113 e. The monoisotopic (exact) mass is 430 g/mol. The van der Waals surface area contributed by atoms with Crippen LogP contribution in [0.4, 0.5) is 0 Å². The zero-order valence-corrected chi connectivity index (χ0v) is 18.1. The van der Waals surface area contributed by atoms with Gasteiger partial charge in [0.2, 0.25) is 0 Å². The summed E-state index contributed by atoms with van der Waals surface area (Å²) in [5.74, 6) is -0.291. The van der Waals surface area contributed by atoms with Crippen molar-refractivity contribution in [3.05, 3.63) is 120 Å². The van der Waals surface area contributed by atoms with Crippen molar-refractivity contribution in [2.45, 2.75) is 44.2 Å². The molecule has 1 aliphatic carbocycles. The highest BCUT2D eigenvalue weighted by atomic mass is 16.6. The Morgan fingerprint density at radius 3 is 1.38 bits per heavy atom. The summed E-state index contributed by atoms with van der Waals surface area (Å²) in [6, 6.07) is 30.0. The lowest BCUT2D eigenvalue weighted by atomic mass is 10.0. The lowest BCUT2D eigenvalue weighted by molar-refractivity contribution is -0.134. The van der Waals surface area contributed by atoms with E-state index in [0.717, 1.165) is 16.7 Å². The van der Waals surface area contributed by atoms with Gasteiger partial charge in [-0.05, 0) is 16.7 Å². The van der Waals surface area contributed by atoms with Crippen LogP contribution in [0.15, 0.2) is 104 Å². The standard InChI is InChI=1S/C28H30O4/c1-2-24-25(29)27(31-19-22-14-8-4-9-15-22)28(32-20-23-16-10-5-11-17-23)26(24)30-18-21-12-6-3-7-13-21/h2-17,24-29H,1,18-20H2/t24-,25+,26-,27-,28+/m1/s1. The van der Waals surface area contributed by atoms with E-state index in [1.54, 1.807) is 6.08 Å². The van der Waals surface area contributed by atoms with Crippen molar-refractivity contribution in [1.82, 2.24) is 0 Å². The van der Waals surface area contributed by atoms with Crippen molar-refractivity contribution in [3.63, 3.8) is 0 Å². The summed E-state index contributed by atoms with van der Waals surface area (Å²) < 4.78 is 18.9. The van der Waals surface area contributed by atoms with E-state index < -0.39 is 18.3 Å². The maximum absolute atomic E-state index is 11.1. The van der Waals surface area contributed by atoms with Crippen LogP contribution in [0.25, 0.3) is 0 Å². The van der Waals surface area contributed by atoms with Gasteiger partial charge in [-0.15, -0.1) is 6.58 Å². The molecule has 1 N–H and O–H groups in total. The van der Waals surface area contributed by atoms with Gasteiger partial charge in [-0.1, -0.05) is 97.1 Å². The Kier molecular flexibility index (Phi) is 7.86. The number of hydrogen-bond donors (Lipinski definition) is 1. The molecule has 1 fully saturated rings. The third-order valence-corrected chi connectivity index (χ3v) is 5.89. The topological polar surface area (TPSA) is 47.9 Å². The van der Waals surface area contributed by atoms with Gasteiger partial charge < -0.3 is 19.3 Å². The Morgan fingerprint density at radius 1 is 0.594 bits per heavy atom. The molecule has 0 radical (unpaired) electrons. The number of rotatable bonds is 10. The van der Waals surface area contributed by atoms with Gasteiger partial charge in [-0.3, -0.25) is 0 Å². The van der Waals surface area contributed by atoms with Crippen LogP contribution < -0.4 is 0 Å². The van der Waals surface area contributed by atoms with Crippen molar-refractivity contribution in [2.75, 3.05) is 0 Å². The summed E-state index contributed by atoms with van der Waals surface area (Å²) in [6.07, 6.45) is -0.335. The Hall–Kier alpha value is -2.76. The van der Waals surface area contributed by atoms with Gasteiger partial charge in [0.05, 0.1) is 32.0 Å². The first-order chi connectivity index (χ1) is 15.8. The Bertz CT molecular complexity index is 945. The molecule has 0 saturated heterocycles. The maximum atomic E-state index is 11.1. The number of aliphatic hydroxyl groups is 1. The van der Waals surface area contributed by atoms with Crippen LogP contribution in [0, 0.1) is 5.92 Å². The molecule has 0 unspecified atom stereocenters. The molecular formula is C28H30O4. The van der Waals surface area contributed by atoms with Crippen LogP contribution in [0.1, 0.15) is 16.7 Å². The minimum atomic E-state index is -0.766. The third kappa shape index (κ3) is 5.53. The molecule has 1 aliphatic rings. The second kappa shape index (κ2) is 11.2. The fourth-order valence-electron chi connectivity index (χ4n) is 4.18. The molecule has 1 saturated carbocycles. The quantitative estimate of drug-likeness (QED) is 0.464. The summed E-state index contributed by atoms with van der Waals surface area (Å²) in [5.41, 5.74) is 3.18. The lowest BCUT2D eigenvalue weighted by Gasteiger charge is -2.26. The van der Waals surface area contributed by atoms with E-state index in [0.29, 0.717) is 19.8 Å². The molecule has 0 aromatic heterocycles. The van der Waals surface area contributed by atoms with E-state index in [2.05, 4.69) is 6.58 Å². The molecule has 4 heteroatoms. The van der Waals surface area contributed by atoms with Crippen LogP contribution in [0.5, 0.6) is 0 Å². The Balaban J connectivity index is 1.52. The van der Waals surface area contributed by atoms with Gasteiger partial charge in [0.1, 0.15) is 12.2 Å². The predicted octanol–water partition coefficient (Wildman–Crippen LogP) is 4.92. The molecule has 0 heterocycles. The number of ether oxygens (including phenoxy) is 3. The summed E-state index contributed by atoms with van der Waals surface area (Å²) in [6.45, 7) is 5.19. The van der Waals surface area contributed by atoms with Gasteiger partial charge in [-0.25, -0.2) is 0 Å². The second-order valence-electron chi connectivity index (χ2n) is 8.09. The smallest absolute Gasteiger partial charge is 0.113 e. The van der Waals surface area contributed by atoms with Crippen LogP contribution in [0.3, 0.4) is 0 Å². The minimum Gasteiger partial charge on any atom is -0.390 e. The van der Waals surface area contributed by atoms with E-state index in [4.69, 9.17) is 14.2 Å². The highest BCUT2D eigenvalue weighted by Gasteiger charge is 2.51. The molecule has 166 valence electrons. The number of hydrogen-bond acceptors (Lipinski definition) is 4. The van der Waals surface area contributed by atoms with Gasteiger partial charge in [0.25, 0.3) is 0 Å². The van der Waals surface area contributed by atoms with Gasteiger partial charge in [0, 0.05) is 5.92 Å². The van der Waals surface area contributed by atoms with Crippen LogP contribution in [-0.2, 0) is 34.0 Å². The zero-order chi connectivity index (χ0) is 22.2. The molecule has 4 nitrogen and oxygen atoms in total.